The monoisotopic (exact) mass is 309 g/mol. The standard InChI is InChI=1S/C21H27NO/c1-4-20(19-12-10-17(11-13-19)14-16(2)3)21(23)22-15-18-8-6-5-7-9-18/h5-13,16,20H,4,14-15H2,1-3H3,(H,22,23). The van der Waals surface area contributed by atoms with E-state index in [4.69, 9.17) is 0 Å². The first-order valence-electron chi connectivity index (χ1n) is 8.50. The summed E-state index contributed by atoms with van der Waals surface area (Å²) in [7, 11) is 0. The SMILES string of the molecule is CCC(C(=O)NCc1ccccc1)c1ccc(CC(C)C)cc1. The Balaban J connectivity index is 1.99. The predicted molar refractivity (Wildman–Crippen MR) is 96.3 cm³/mol. The van der Waals surface area contributed by atoms with Crippen molar-refractivity contribution in [1.29, 1.82) is 0 Å². The Labute approximate surface area is 139 Å². The maximum absolute atomic E-state index is 12.5. The first kappa shape index (κ1) is 17.3. The highest BCUT2D eigenvalue weighted by Gasteiger charge is 2.18. The Morgan fingerprint density at radius 2 is 1.61 bits per heavy atom. The molecule has 0 aromatic heterocycles. The average Bonchev–Trinajstić information content (AvgIpc) is 2.55. The van der Waals surface area contributed by atoms with Crippen LogP contribution in [0.3, 0.4) is 0 Å². The van der Waals surface area contributed by atoms with E-state index >= 15 is 0 Å². The smallest absolute Gasteiger partial charge is 0.227 e. The van der Waals surface area contributed by atoms with Gasteiger partial charge in [0.05, 0.1) is 5.92 Å². The molecule has 0 radical (unpaired) electrons. The molecule has 0 aliphatic rings. The summed E-state index contributed by atoms with van der Waals surface area (Å²) in [6.45, 7) is 7.09. The second-order valence-corrected chi connectivity index (χ2v) is 6.50. The molecule has 23 heavy (non-hydrogen) atoms. The van der Waals surface area contributed by atoms with E-state index in [0.29, 0.717) is 12.5 Å². The fraction of sp³-hybridized carbons (Fsp3) is 0.381. The van der Waals surface area contributed by atoms with Crippen LogP contribution in [0.2, 0.25) is 0 Å². The third-order valence-electron chi connectivity index (χ3n) is 4.06. The minimum atomic E-state index is -0.0770. The van der Waals surface area contributed by atoms with Gasteiger partial charge in [0.25, 0.3) is 0 Å². The number of amides is 1. The van der Waals surface area contributed by atoms with Gasteiger partial charge in [0.1, 0.15) is 0 Å². The molecule has 122 valence electrons. The Kier molecular flexibility index (Phi) is 6.40. The number of rotatable bonds is 7. The van der Waals surface area contributed by atoms with Gasteiger partial charge >= 0.3 is 0 Å². The molecule has 0 spiro atoms. The van der Waals surface area contributed by atoms with Gasteiger partial charge in [0.15, 0.2) is 0 Å². The lowest BCUT2D eigenvalue weighted by Gasteiger charge is -2.16. The number of hydrogen-bond donors (Lipinski definition) is 1. The van der Waals surface area contributed by atoms with Crippen molar-refractivity contribution in [1.82, 2.24) is 5.32 Å². The maximum Gasteiger partial charge on any atom is 0.227 e. The summed E-state index contributed by atoms with van der Waals surface area (Å²) in [6, 6.07) is 18.5. The molecule has 0 saturated carbocycles. The molecule has 2 aromatic carbocycles. The summed E-state index contributed by atoms with van der Waals surface area (Å²) in [5.41, 5.74) is 3.57. The third-order valence-corrected chi connectivity index (χ3v) is 4.06. The molecular formula is C21H27NO. The number of carbonyl (C=O) groups excluding carboxylic acids is 1. The molecule has 0 aliphatic heterocycles. The Hall–Kier alpha value is -2.09. The van der Waals surface area contributed by atoms with Crippen LogP contribution in [0.15, 0.2) is 54.6 Å². The minimum Gasteiger partial charge on any atom is -0.351 e. The summed E-state index contributed by atoms with van der Waals surface area (Å²) in [6.07, 6.45) is 1.89. The van der Waals surface area contributed by atoms with Gasteiger partial charge in [-0.05, 0) is 35.4 Å². The second-order valence-electron chi connectivity index (χ2n) is 6.50. The lowest BCUT2D eigenvalue weighted by atomic mass is 9.93. The van der Waals surface area contributed by atoms with Gasteiger partial charge in [-0.3, -0.25) is 4.79 Å². The highest BCUT2D eigenvalue weighted by atomic mass is 16.1. The van der Waals surface area contributed by atoms with E-state index in [-0.39, 0.29) is 11.8 Å². The molecule has 0 fully saturated rings. The molecular weight excluding hydrogens is 282 g/mol. The van der Waals surface area contributed by atoms with Crippen LogP contribution in [0.1, 0.15) is 49.8 Å². The Morgan fingerprint density at radius 3 is 2.17 bits per heavy atom. The molecule has 1 unspecified atom stereocenters. The highest BCUT2D eigenvalue weighted by molar-refractivity contribution is 5.83. The van der Waals surface area contributed by atoms with Crippen LogP contribution in [-0.2, 0) is 17.8 Å². The lowest BCUT2D eigenvalue weighted by molar-refractivity contribution is -0.122. The molecule has 2 heteroatoms. The molecule has 0 saturated heterocycles. The topological polar surface area (TPSA) is 29.1 Å². The van der Waals surface area contributed by atoms with E-state index in [2.05, 4.69) is 50.4 Å². The first-order valence-corrected chi connectivity index (χ1v) is 8.50. The van der Waals surface area contributed by atoms with Crippen molar-refractivity contribution < 1.29 is 4.79 Å². The van der Waals surface area contributed by atoms with Crippen LogP contribution in [0.25, 0.3) is 0 Å². The molecule has 1 amide bonds. The molecule has 2 nitrogen and oxygen atoms in total. The lowest BCUT2D eigenvalue weighted by Crippen LogP contribution is -2.28. The summed E-state index contributed by atoms with van der Waals surface area (Å²) in [4.78, 5) is 12.5. The summed E-state index contributed by atoms with van der Waals surface area (Å²) < 4.78 is 0. The Bertz CT molecular complexity index is 601. The van der Waals surface area contributed by atoms with Crippen molar-refractivity contribution in [2.45, 2.75) is 46.1 Å². The number of nitrogens with one attached hydrogen (secondary N) is 1. The van der Waals surface area contributed by atoms with Gasteiger partial charge in [-0.25, -0.2) is 0 Å². The van der Waals surface area contributed by atoms with E-state index in [0.717, 1.165) is 24.0 Å². The van der Waals surface area contributed by atoms with Gasteiger partial charge in [0.2, 0.25) is 5.91 Å². The zero-order valence-electron chi connectivity index (χ0n) is 14.4. The van der Waals surface area contributed by atoms with E-state index in [1.807, 2.05) is 30.3 Å². The largest absolute Gasteiger partial charge is 0.351 e. The van der Waals surface area contributed by atoms with Crippen LogP contribution in [0.5, 0.6) is 0 Å². The normalized spacial score (nSPS) is 12.2. The van der Waals surface area contributed by atoms with E-state index in [1.165, 1.54) is 5.56 Å². The number of hydrogen-bond acceptors (Lipinski definition) is 1. The average molecular weight is 309 g/mol. The number of benzene rings is 2. The van der Waals surface area contributed by atoms with E-state index in [9.17, 15) is 4.79 Å². The van der Waals surface area contributed by atoms with Crippen molar-refractivity contribution in [3.63, 3.8) is 0 Å². The van der Waals surface area contributed by atoms with Gasteiger partial charge < -0.3 is 5.32 Å². The molecule has 0 bridgehead atoms. The van der Waals surface area contributed by atoms with Crippen molar-refractivity contribution in [3.8, 4) is 0 Å². The predicted octanol–water partition coefficient (Wildman–Crippen LogP) is 4.70. The van der Waals surface area contributed by atoms with Crippen LogP contribution >= 0.6 is 0 Å². The fourth-order valence-electron chi connectivity index (χ4n) is 2.84. The van der Waals surface area contributed by atoms with Gasteiger partial charge in [-0.2, -0.15) is 0 Å². The summed E-state index contributed by atoms with van der Waals surface area (Å²) >= 11 is 0. The van der Waals surface area contributed by atoms with Crippen molar-refractivity contribution in [2.75, 3.05) is 0 Å². The summed E-state index contributed by atoms with van der Waals surface area (Å²) in [5, 5.41) is 3.06. The summed E-state index contributed by atoms with van der Waals surface area (Å²) in [5.74, 6) is 0.678. The quantitative estimate of drug-likeness (QED) is 0.789. The minimum absolute atomic E-state index is 0.0770. The second kappa shape index (κ2) is 8.52. The fourth-order valence-corrected chi connectivity index (χ4v) is 2.84. The third kappa shape index (κ3) is 5.24. The van der Waals surface area contributed by atoms with Crippen molar-refractivity contribution in [3.05, 3.63) is 71.3 Å². The van der Waals surface area contributed by atoms with Crippen LogP contribution in [0.4, 0.5) is 0 Å². The molecule has 1 atom stereocenters. The maximum atomic E-state index is 12.5. The molecule has 0 heterocycles. The first-order chi connectivity index (χ1) is 11.1. The van der Waals surface area contributed by atoms with Gasteiger partial charge in [0, 0.05) is 6.54 Å². The Morgan fingerprint density at radius 1 is 0.957 bits per heavy atom. The molecule has 2 rings (SSSR count). The van der Waals surface area contributed by atoms with E-state index in [1.54, 1.807) is 0 Å². The van der Waals surface area contributed by atoms with Crippen LogP contribution in [-0.4, -0.2) is 5.91 Å². The van der Waals surface area contributed by atoms with E-state index < -0.39 is 0 Å². The number of carbonyl (C=O) groups is 1. The molecule has 1 N–H and O–H groups in total. The van der Waals surface area contributed by atoms with Gasteiger partial charge in [-0.1, -0.05) is 75.4 Å². The van der Waals surface area contributed by atoms with Crippen molar-refractivity contribution in [2.24, 2.45) is 5.92 Å². The van der Waals surface area contributed by atoms with Crippen molar-refractivity contribution >= 4 is 5.91 Å². The molecule has 2 aromatic rings. The highest BCUT2D eigenvalue weighted by Crippen LogP contribution is 2.21. The van der Waals surface area contributed by atoms with Crippen LogP contribution in [0, 0.1) is 5.92 Å². The zero-order chi connectivity index (χ0) is 16.7. The van der Waals surface area contributed by atoms with Crippen LogP contribution < -0.4 is 5.32 Å². The zero-order valence-corrected chi connectivity index (χ0v) is 14.4. The van der Waals surface area contributed by atoms with Gasteiger partial charge in [-0.15, -0.1) is 0 Å². The molecule has 0 aliphatic carbocycles.